The largest absolute Gasteiger partial charge is 0.493 e. The molecule has 1 atom stereocenters. The fourth-order valence-corrected chi connectivity index (χ4v) is 3.28. The molecule has 0 spiro atoms. The van der Waals surface area contributed by atoms with Crippen LogP contribution in [0.4, 0.5) is 0 Å². The summed E-state index contributed by atoms with van der Waals surface area (Å²) in [4.78, 5) is 2.19. The molecule has 1 aromatic rings. The van der Waals surface area contributed by atoms with Gasteiger partial charge < -0.3 is 15.0 Å². The van der Waals surface area contributed by atoms with Crippen molar-refractivity contribution in [3.8, 4) is 5.75 Å². The van der Waals surface area contributed by atoms with Gasteiger partial charge in [0.15, 0.2) is 5.75 Å². The first-order valence-electron chi connectivity index (χ1n) is 8.13. The number of ether oxygens (including phenoxy) is 1. The highest BCUT2D eigenvalue weighted by Crippen LogP contribution is 2.38. The van der Waals surface area contributed by atoms with Crippen LogP contribution < -0.4 is 10.1 Å². The molecule has 21 heavy (non-hydrogen) atoms. The third-order valence-electron chi connectivity index (χ3n) is 4.59. The Bertz CT molecular complexity index is 433. The summed E-state index contributed by atoms with van der Waals surface area (Å²) in [5.41, 5.74) is 1.24. The fraction of sp³-hybridized carbons (Fsp3) is 0.812. The number of nitrogens with one attached hydrogen (secondary N) is 1. The van der Waals surface area contributed by atoms with E-state index in [1.807, 2.05) is 6.20 Å². The Hall–Kier alpha value is -1.07. The average Bonchev–Trinajstić information content (AvgIpc) is 2.75. The van der Waals surface area contributed by atoms with Crippen molar-refractivity contribution in [2.75, 3.05) is 34.3 Å². The smallest absolute Gasteiger partial charge is 0.161 e. The van der Waals surface area contributed by atoms with E-state index in [0.717, 1.165) is 38.2 Å². The summed E-state index contributed by atoms with van der Waals surface area (Å²) >= 11 is 0. The van der Waals surface area contributed by atoms with Gasteiger partial charge in [-0.25, -0.2) is 0 Å². The van der Waals surface area contributed by atoms with E-state index in [1.54, 1.807) is 7.11 Å². The molecule has 1 N–H and O–H groups in total. The molecule has 0 aromatic carbocycles. The molecule has 2 rings (SSSR count). The van der Waals surface area contributed by atoms with Crippen molar-refractivity contribution < 1.29 is 4.74 Å². The van der Waals surface area contributed by atoms with Crippen molar-refractivity contribution in [3.05, 3.63) is 11.9 Å². The van der Waals surface area contributed by atoms with Crippen LogP contribution in [0.5, 0.6) is 5.75 Å². The Morgan fingerprint density at radius 1 is 1.38 bits per heavy atom. The molecule has 2 heterocycles. The molecule has 1 aliphatic rings. The minimum atomic E-state index is 0.00462. The number of likely N-dealkylation sites (N-methyl/N-ethyl adjacent to an activating group) is 1. The van der Waals surface area contributed by atoms with E-state index in [1.165, 1.54) is 25.0 Å². The lowest BCUT2D eigenvalue weighted by Crippen LogP contribution is -2.43. The van der Waals surface area contributed by atoms with Crippen LogP contribution in [-0.4, -0.2) is 49.0 Å². The summed E-state index contributed by atoms with van der Waals surface area (Å²) in [6.07, 6.45) is 7.93. The van der Waals surface area contributed by atoms with Gasteiger partial charge in [-0.05, 0) is 39.9 Å². The van der Waals surface area contributed by atoms with Crippen LogP contribution in [0.3, 0.4) is 0 Å². The minimum Gasteiger partial charge on any atom is -0.493 e. The standard InChI is InChI=1S/C16H30N4O/c1-5-16(9-7-6-8-10-17-16)15-14(21-4)13-18-20(15)12-11-19(2)3/h13,17H,5-12H2,1-4H3. The summed E-state index contributed by atoms with van der Waals surface area (Å²) < 4.78 is 7.76. The lowest BCUT2D eigenvalue weighted by atomic mass is 9.86. The maximum atomic E-state index is 5.62. The Balaban J connectivity index is 2.35. The third-order valence-corrected chi connectivity index (χ3v) is 4.59. The molecule has 0 saturated carbocycles. The molecule has 0 radical (unpaired) electrons. The number of hydrogen-bond acceptors (Lipinski definition) is 4. The SMILES string of the molecule is CCC1(c2c(OC)cnn2CCN(C)C)CCCCCN1. The van der Waals surface area contributed by atoms with Crippen LogP contribution in [0.2, 0.25) is 0 Å². The summed E-state index contributed by atoms with van der Waals surface area (Å²) in [7, 11) is 5.94. The van der Waals surface area contributed by atoms with Crippen LogP contribution >= 0.6 is 0 Å². The monoisotopic (exact) mass is 294 g/mol. The summed E-state index contributed by atoms with van der Waals surface area (Å²) in [5, 5.41) is 8.38. The molecule has 1 unspecified atom stereocenters. The maximum absolute atomic E-state index is 5.62. The van der Waals surface area contributed by atoms with Crippen molar-refractivity contribution in [1.29, 1.82) is 0 Å². The number of rotatable bonds is 6. The van der Waals surface area contributed by atoms with Crippen molar-refractivity contribution in [2.45, 2.75) is 51.1 Å². The summed E-state index contributed by atoms with van der Waals surface area (Å²) in [5.74, 6) is 0.921. The average molecular weight is 294 g/mol. The highest BCUT2D eigenvalue weighted by Gasteiger charge is 2.37. The van der Waals surface area contributed by atoms with E-state index in [4.69, 9.17) is 4.74 Å². The second-order valence-electron chi connectivity index (χ2n) is 6.26. The maximum Gasteiger partial charge on any atom is 0.161 e. The van der Waals surface area contributed by atoms with E-state index in [2.05, 4.69) is 41.0 Å². The zero-order valence-electron chi connectivity index (χ0n) is 14.0. The molecule has 120 valence electrons. The molecule has 1 aromatic heterocycles. The van der Waals surface area contributed by atoms with Crippen LogP contribution in [0, 0.1) is 0 Å². The van der Waals surface area contributed by atoms with Crippen LogP contribution in [0.1, 0.15) is 44.7 Å². The Kier molecular flexibility index (Phi) is 5.65. The van der Waals surface area contributed by atoms with Gasteiger partial charge in [0.05, 0.1) is 25.4 Å². The highest BCUT2D eigenvalue weighted by atomic mass is 16.5. The van der Waals surface area contributed by atoms with Gasteiger partial charge in [0, 0.05) is 6.54 Å². The van der Waals surface area contributed by atoms with Crippen LogP contribution in [-0.2, 0) is 12.1 Å². The Labute approximate surface area is 128 Å². The van der Waals surface area contributed by atoms with Gasteiger partial charge in [-0.3, -0.25) is 4.68 Å². The van der Waals surface area contributed by atoms with Gasteiger partial charge in [-0.1, -0.05) is 19.8 Å². The predicted molar refractivity (Wildman–Crippen MR) is 85.8 cm³/mol. The molecule has 0 amide bonds. The van der Waals surface area contributed by atoms with E-state index in [0.29, 0.717) is 0 Å². The Morgan fingerprint density at radius 2 is 2.19 bits per heavy atom. The summed E-state index contributed by atoms with van der Waals surface area (Å²) in [6, 6.07) is 0. The molecule has 0 aliphatic carbocycles. The normalized spacial score (nSPS) is 23.3. The van der Waals surface area contributed by atoms with Crippen molar-refractivity contribution in [2.24, 2.45) is 0 Å². The Morgan fingerprint density at radius 3 is 2.86 bits per heavy atom. The van der Waals surface area contributed by atoms with E-state index in [-0.39, 0.29) is 5.54 Å². The lowest BCUT2D eigenvalue weighted by Gasteiger charge is -2.34. The van der Waals surface area contributed by atoms with Crippen molar-refractivity contribution in [3.63, 3.8) is 0 Å². The minimum absolute atomic E-state index is 0.00462. The quantitative estimate of drug-likeness (QED) is 0.873. The van der Waals surface area contributed by atoms with Crippen LogP contribution in [0.25, 0.3) is 0 Å². The number of hydrogen-bond donors (Lipinski definition) is 1. The molecule has 5 heteroatoms. The first-order chi connectivity index (χ1) is 10.1. The number of methoxy groups -OCH3 is 1. The molecule has 0 bridgehead atoms. The van der Waals surface area contributed by atoms with Gasteiger partial charge in [-0.15, -0.1) is 0 Å². The lowest BCUT2D eigenvalue weighted by molar-refractivity contribution is 0.266. The summed E-state index contributed by atoms with van der Waals surface area (Å²) in [6.45, 7) is 5.23. The van der Waals surface area contributed by atoms with Gasteiger partial charge in [0.1, 0.15) is 5.69 Å². The predicted octanol–water partition coefficient (Wildman–Crippen LogP) is 2.22. The molecular formula is C16H30N4O. The third kappa shape index (κ3) is 3.58. The van der Waals surface area contributed by atoms with E-state index < -0.39 is 0 Å². The second-order valence-corrected chi connectivity index (χ2v) is 6.26. The molecule has 1 saturated heterocycles. The van der Waals surface area contributed by atoms with Gasteiger partial charge in [0.25, 0.3) is 0 Å². The van der Waals surface area contributed by atoms with Gasteiger partial charge >= 0.3 is 0 Å². The zero-order valence-corrected chi connectivity index (χ0v) is 14.0. The fourth-order valence-electron chi connectivity index (χ4n) is 3.28. The van der Waals surface area contributed by atoms with Crippen molar-refractivity contribution >= 4 is 0 Å². The van der Waals surface area contributed by atoms with Gasteiger partial charge in [-0.2, -0.15) is 5.10 Å². The molecular weight excluding hydrogens is 264 g/mol. The topological polar surface area (TPSA) is 42.3 Å². The van der Waals surface area contributed by atoms with Crippen LogP contribution in [0.15, 0.2) is 6.20 Å². The first-order valence-corrected chi connectivity index (χ1v) is 8.13. The molecule has 5 nitrogen and oxygen atoms in total. The second kappa shape index (κ2) is 7.27. The van der Waals surface area contributed by atoms with Crippen molar-refractivity contribution in [1.82, 2.24) is 20.0 Å². The highest BCUT2D eigenvalue weighted by molar-refractivity contribution is 5.32. The number of nitrogens with zero attached hydrogens (tertiary/aromatic N) is 3. The van der Waals surface area contributed by atoms with Gasteiger partial charge in [0.2, 0.25) is 0 Å². The van der Waals surface area contributed by atoms with E-state index in [9.17, 15) is 0 Å². The number of aromatic nitrogens is 2. The molecule has 1 aliphatic heterocycles. The molecule has 1 fully saturated rings. The van der Waals surface area contributed by atoms with E-state index >= 15 is 0 Å². The zero-order chi connectivity index (χ0) is 15.3. The first kappa shape index (κ1) is 16.3.